The average Bonchev–Trinajstić information content (AvgIpc) is 1.79. The second-order valence-corrected chi connectivity index (χ2v) is 3.30. The van der Waals surface area contributed by atoms with Gasteiger partial charge >= 0.3 is 0 Å². The molecule has 1 fully saturated rings. The largest absolute Gasteiger partial charge is 0.378 e. The quantitative estimate of drug-likeness (QED) is 0.688. The van der Waals surface area contributed by atoms with E-state index in [0.29, 0.717) is 12.0 Å². The molecule has 1 heterocycles. The van der Waals surface area contributed by atoms with E-state index in [0.717, 1.165) is 13.0 Å². The molecule has 0 bridgehead atoms. The maximum atomic E-state index is 5.34. The van der Waals surface area contributed by atoms with Crippen LogP contribution in [-0.2, 0) is 4.74 Å². The van der Waals surface area contributed by atoms with E-state index in [4.69, 9.17) is 4.74 Å². The van der Waals surface area contributed by atoms with Gasteiger partial charge in [-0.15, -0.1) is 0 Å². The SMILES string of the molecule is CC(CC=CBr)C1CCO1. The number of allylic oxidation sites excluding steroid dienone is 1. The molecule has 10 heavy (non-hydrogen) atoms. The van der Waals surface area contributed by atoms with Crippen LogP contribution in [0.25, 0.3) is 0 Å². The monoisotopic (exact) mass is 204 g/mol. The molecule has 0 radical (unpaired) electrons. The first kappa shape index (κ1) is 8.28. The summed E-state index contributed by atoms with van der Waals surface area (Å²) in [5, 5.41) is 0. The van der Waals surface area contributed by atoms with Crippen LogP contribution in [0.3, 0.4) is 0 Å². The van der Waals surface area contributed by atoms with Crippen LogP contribution < -0.4 is 0 Å². The van der Waals surface area contributed by atoms with Crippen molar-refractivity contribution in [2.45, 2.75) is 25.9 Å². The number of rotatable bonds is 3. The zero-order chi connectivity index (χ0) is 7.40. The third-order valence-electron chi connectivity index (χ3n) is 1.97. The van der Waals surface area contributed by atoms with Crippen LogP contribution in [-0.4, -0.2) is 12.7 Å². The minimum atomic E-state index is 0.531. The summed E-state index contributed by atoms with van der Waals surface area (Å²) in [5.41, 5.74) is 0. The fourth-order valence-corrected chi connectivity index (χ4v) is 1.34. The molecule has 1 rings (SSSR count). The van der Waals surface area contributed by atoms with Crippen LogP contribution in [0.4, 0.5) is 0 Å². The van der Waals surface area contributed by atoms with E-state index in [1.54, 1.807) is 0 Å². The maximum Gasteiger partial charge on any atom is 0.0625 e. The summed E-state index contributed by atoms with van der Waals surface area (Å²) in [6.45, 7) is 3.20. The predicted octanol–water partition coefficient (Wildman–Crippen LogP) is 2.71. The Labute approximate surface area is 70.6 Å². The van der Waals surface area contributed by atoms with E-state index in [1.165, 1.54) is 6.42 Å². The van der Waals surface area contributed by atoms with Crippen molar-refractivity contribution in [3.05, 3.63) is 11.1 Å². The van der Waals surface area contributed by atoms with Gasteiger partial charge in [0.05, 0.1) is 6.10 Å². The van der Waals surface area contributed by atoms with Crippen LogP contribution >= 0.6 is 15.9 Å². The Balaban J connectivity index is 2.13. The molecule has 0 spiro atoms. The van der Waals surface area contributed by atoms with E-state index in [1.807, 2.05) is 4.99 Å². The van der Waals surface area contributed by atoms with E-state index < -0.39 is 0 Å². The molecule has 1 saturated heterocycles. The lowest BCUT2D eigenvalue weighted by Crippen LogP contribution is -2.32. The third-order valence-corrected chi connectivity index (χ3v) is 2.34. The zero-order valence-electron chi connectivity index (χ0n) is 6.22. The van der Waals surface area contributed by atoms with Crippen LogP contribution in [0, 0.1) is 5.92 Å². The molecule has 0 N–H and O–H groups in total. The van der Waals surface area contributed by atoms with Crippen molar-refractivity contribution in [1.29, 1.82) is 0 Å². The first-order chi connectivity index (χ1) is 4.84. The number of hydrogen-bond acceptors (Lipinski definition) is 1. The molecule has 0 aromatic carbocycles. The lowest BCUT2D eigenvalue weighted by atomic mass is 9.96. The Hall–Kier alpha value is 0.180. The molecule has 1 aliphatic rings. The molecular weight excluding hydrogens is 192 g/mol. The number of halogens is 1. The van der Waals surface area contributed by atoms with Gasteiger partial charge in [0.25, 0.3) is 0 Å². The summed E-state index contributed by atoms with van der Waals surface area (Å²) in [7, 11) is 0. The Morgan fingerprint density at radius 2 is 2.50 bits per heavy atom. The lowest BCUT2D eigenvalue weighted by molar-refractivity contribution is -0.0797. The van der Waals surface area contributed by atoms with Gasteiger partial charge < -0.3 is 4.74 Å². The molecule has 0 saturated carbocycles. The van der Waals surface area contributed by atoms with Gasteiger partial charge in [0.15, 0.2) is 0 Å². The van der Waals surface area contributed by atoms with Crippen molar-refractivity contribution in [3.63, 3.8) is 0 Å². The van der Waals surface area contributed by atoms with E-state index >= 15 is 0 Å². The van der Waals surface area contributed by atoms with Gasteiger partial charge in [0.2, 0.25) is 0 Å². The molecule has 0 aliphatic carbocycles. The second-order valence-electron chi connectivity index (χ2n) is 2.77. The fraction of sp³-hybridized carbons (Fsp3) is 0.750. The summed E-state index contributed by atoms with van der Waals surface area (Å²) in [5.74, 6) is 0.683. The highest BCUT2D eigenvalue weighted by atomic mass is 79.9. The van der Waals surface area contributed by atoms with Gasteiger partial charge in [-0.1, -0.05) is 28.9 Å². The normalized spacial score (nSPS) is 28.4. The Morgan fingerprint density at radius 1 is 1.80 bits per heavy atom. The average molecular weight is 205 g/mol. The molecule has 2 unspecified atom stereocenters. The molecular formula is C8H13BrO. The number of hydrogen-bond donors (Lipinski definition) is 0. The van der Waals surface area contributed by atoms with Crippen molar-refractivity contribution in [3.8, 4) is 0 Å². The van der Waals surface area contributed by atoms with Crippen LogP contribution in [0.5, 0.6) is 0 Å². The summed E-state index contributed by atoms with van der Waals surface area (Å²) in [6, 6.07) is 0. The lowest BCUT2D eigenvalue weighted by Gasteiger charge is -2.31. The van der Waals surface area contributed by atoms with Gasteiger partial charge in [-0.2, -0.15) is 0 Å². The van der Waals surface area contributed by atoms with Gasteiger partial charge in [-0.05, 0) is 23.7 Å². The predicted molar refractivity (Wildman–Crippen MR) is 46.2 cm³/mol. The Bertz CT molecular complexity index is 118. The summed E-state index contributed by atoms with van der Waals surface area (Å²) in [4.78, 5) is 1.92. The highest BCUT2D eigenvalue weighted by Crippen LogP contribution is 2.22. The molecule has 0 aromatic heterocycles. The first-order valence-corrected chi connectivity index (χ1v) is 4.63. The minimum absolute atomic E-state index is 0.531. The van der Waals surface area contributed by atoms with Crippen LogP contribution in [0.2, 0.25) is 0 Å². The topological polar surface area (TPSA) is 9.23 Å². The van der Waals surface area contributed by atoms with E-state index in [9.17, 15) is 0 Å². The minimum Gasteiger partial charge on any atom is -0.378 e. The van der Waals surface area contributed by atoms with Crippen molar-refractivity contribution >= 4 is 15.9 Å². The van der Waals surface area contributed by atoms with E-state index in [2.05, 4.69) is 28.9 Å². The molecule has 2 heteroatoms. The fourth-order valence-electron chi connectivity index (χ4n) is 1.12. The Kier molecular flexibility index (Phi) is 3.43. The van der Waals surface area contributed by atoms with Crippen molar-refractivity contribution < 1.29 is 4.74 Å². The van der Waals surface area contributed by atoms with Crippen molar-refractivity contribution in [2.24, 2.45) is 5.92 Å². The van der Waals surface area contributed by atoms with Crippen molar-refractivity contribution in [2.75, 3.05) is 6.61 Å². The van der Waals surface area contributed by atoms with Crippen LogP contribution in [0.1, 0.15) is 19.8 Å². The zero-order valence-corrected chi connectivity index (χ0v) is 7.80. The summed E-state index contributed by atoms with van der Waals surface area (Å²) < 4.78 is 5.34. The molecule has 2 atom stereocenters. The highest BCUT2D eigenvalue weighted by Gasteiger charge is 2.23. The summed E-state index contributed by atoms with van der Waals surface area (Å²) in [6.07, 6.45) is 5.03. The molecule has 58 valence electrons. The third kappa shape index (κ3) is 2.10. The smallest absolute Gasteiger partial charge is 0.0625 e. The van der Waals surface area contributed by atoms with Crippen LogP contribution in [0.15, 0.2) is 11.1 Å². The standard InChI is InChI=1S/C8H13BrO/c1-7(3-2-5-9)8-4-6-10-8/h2,5,7-8H,3-4,6H2,1H3. The maximum absolute atomic E-state index is 5.34. The highest BCUT2D eigenvalue weighted by molar-refractivity contribution is 9.11. The van der Waals surface area contributed by atoms with Crippen molar-refractivity contribution in [1.82, 2.24) is 0 Å². The van der Waals surface area contributed by atoms with Gasteiger partial charge in [0.1, 0.15) is 0 Å². The first-order valence-electron chi connectivity index (χ1n) is 3.71. The number of ether oxygens (including phenoxy) is 1. The van der Waals surface area contributed by atoms with E-state index in [-0.39, 0.29) is 0 Å². The van der Waals surface area contributed by atoms with Gasteiger partial charge in [-0.3, -0.25) is 0 Å². The second kappa shape index (κ2) is 4.14. The molecule has 1 nitrogen and oxygen atoms in total. The molecule has 0 aromatic rings. The Morgan fingerprint density at radius 3 is 2.90 bits per heavy atom. The molecule has 0 amide bonds. The molecule has 1 aliphatic heterocycles. The van der Waals surface area contributed by atoms with Gasteiger partial charge in [-0.25, -0.2) is 0 Å². The van der Waals surface area contributed by atoms with Gasteiger partial charge in [0, 0.05) is 6.61 Å². The summed E-state index contributed by atoms with van der Waals surface area (Å²) >= 11 is 3.25.